The molecule has 0 radical (unpaired) electrons. The van der Waals surface area contributed by atoms with E-state index >= 15 is 0 Å². The molecule has 0 saturated carbocycles. The Morgan fingerprint density at radius 2 is 2.06 bits per heavy atom. The third kappa shape index (κ3) is 5.58. The van der Waals surface area contributed by atoms with Crippen molar-refractivity contribution in [3.05, 3.63) is 40.6 Å². The summed E-state index contributed by atoms with van der Waals surface area (Å²) >= 11 is 0. The molecule has 1 fully saturated rings. The molecule has 1 unspecified atom stereocenters. The van der Waals surface area contributed by atoms with E-state index in [4.69, 9.17) is 4.74 Å². The molecule has 172 valence electrons. The second kappa shape index (κ2) is 11.2. The molecule has 3 N–H and O–H groups in total. The van der Waals surface area contributed by atoms with Crippen LogP contribution in [0, 0.1) is 6.92 Å². The lowest BCUT2D eigenvalue weighted by molar-refractivity contribution is -0.137. The van der Waals surface area contributed by atoms with Gasteiger partial charge in [0.05, 0.1) is 13.2 Å². The number of aldehydes is 1. The van der Waals surface area contributed by atoms with Crippen molar-refractivity contribution in [2.75, 3.05) is 19.5 Å². The van der Waals surface area contributed by atoms with E-state index in [1.807, 2.05) is 13.8 Å². The SMILES string of the molecule is CC.COc1n[nH]c(C(=O)Nc2ccc(C=O)c(CN(C)C3CCC(=O)NC3=O)c2)c1C. The number of aromatic nitrogens is 2. The number of aromatic amines is 1. The third-order valence-corrected chi connectivity index (χ3v) is 5.08. The molecule has 2 heterocycles. The molecule has 10 nitrogen and oxygen atoms in total. The molecular weight excluding hydrogens is 414 g/mol. The van der Waals surface area contributed by atoms with Crippen LogP contribution in [-0.2, 0) is 16.1 Å². The first-order valence-electron chi connectivity index (χ1n) is 10.4. The summed E-state index contributed by atoms with van der Waals surface area (Å²) in [4.78, 5) is 49.3. The van der Waals surface area contributed by atoms with Gasteiger partial charge in [0.25, 0.3) is 5.91 Å². The van der Waals surface area contributed by atoms with Gasteiger partial charge in [-0.05, 0) is 44.2 Å². The molecule has 1 aromatic heterocycles. The molecule has 2 aromatic rings. The van der Waals surface area contributed by atoms with Crippen molar-refractivity contribution in [2.24, 2.45) is 0 Å². The zero-order chi connectivity index (χ0) is 23.8. The maximum Gasteiger partial charge on any atom is 0.274 e. The molecule has 1 aliphatic rings. The van der Waals surface area contributed by atoms with Crippen LogP contribution in [-0.4, -0.2) is 59.3 Å². The van der Waals surface area contributed by atoms with E-state index in [1.54, 1.807) is 37.1 Å². The van der Waals surface area contributed by atoms with E-state index in [-0.39, 0.29) is 23.9 Å². The van der Waals surface area contributed by atoms with E-state index < -0.39 is 11.9 Å². The first-order valence-corrected chi connectivity index (χ1v) is 10.4. The molecule has 1 atom stereocenters. The molecule has 1 aromatic carbocycles. The summed E-state index contributed by atoms with van der Waals surface area (Å²) in [6.45, 7) is 6.01. The van der Waals surface area contributed by atoms with E-state index in [9.17, 15) is 19.2 Å². The standard InChI is InChI=1S/C20H23N5O5.C2H6/c1-11-17(23-24-20(11)30-3)19(29)21-14-5-4-12(10-26)13(8-14)9-25(2)15-6-7-16(27)22-18(15)28;1-2/h4-5,8,10,15H,6-7,9H2,1-3H3,(H,21,29)(H,23,24)(H,22,27,28);1-2H3. The van der Waals surface area contributed by atoms with E-state index in [0.29, 0.717) is 41.2 Å². The minimum atomic E-state index is -0.472. The number of likely N-dealkylation sites (N-methyl/N-ethyl adjacent to an activating group) is 1. The maximum atomic E-state index is 12.6. The van der Waals surface area contributed by atoms with Gasteiger partial charge in [0.15, 0.2) is 0 Å². The molecule has 1 saturated heterocycles. The van der Waals surface area contributed by atoms with Crippen LogP contribution in [0.1, 0.15) is 58.7 Å². The Morgan fingerprint density at radius 3 is 2.66 bits per heavy atom. The van der Waals surface area contributed by atoms with Gasteiger partial charge in [-0.3, -0.25) is 34.5 Å². The summed E-state index contributed by atoms with van der Waals surface area (Å²) in [5, 5.41) is 11.7. The van der Waals surface area contributed by atoms with Crippen LogP contribution in [0.3, 0.4) is 0 Å². The van der Waals surface area contributed by atoms with Gasteiger partial charge in [0, 0.05) is 29.8 Å². The van der Waals surface area contributed by atoms with Crippen molar-refractivity contribution < 1.29 is 23.9 Å². The zero-order valence-corrected chi connectivity index (χ0v) is 18.9. The fourth-order valence-electron chi connectivity index (χ4n) is 3.41. The number of anilines is 1. The topological polar surface area (TPSA) is 133 Å². The van der Waals surface area contributed by atoms with Crippen LogP contribution in [0.4, 0.5) is 5.69 Å². The Hall–Kier alpha value is -3.53. The number of amides is 3. The molecule has 0 aliphatic carbocycles. The third-order valence-electron chi connectivity index (χ3n) is 5.08. The van der Waals surface area contributed by atoms with Gasteiger partial charge >= 0.3 is 0 Å². The lowest BCUT2D eigenvalue weighted by Crippen LogP contribution is -2.51. The number of hydrogen-bond donors (Lipinski definition) is 3. The number of methoxy groups -OCH3 is 1. The van der Waals surface area contributed by atoms with Gasteiger partial charge in [-0.2, -0.15) is 0 Å². The van der Waals surface area contributed by atoms with Gasteiger partial charge in [0.1, 0.15) is 12.0 Å². The fraction of sp³-hybridized carbons (Fsp3) is 0.409. The number of hydrogen-bond acceptors (Lipinski definition) is 7. The van der Waals surface area contributed by atoms with Crippen LogP contribution in [0.2, 0.25) is 0 Å². The van der Waals surface area contributed by atoms with Crippen LogP contribution in [0.25, 0.3) is 0 Å². The molecular formula is C22H29N5O5. The van der Waals surface area contributed by atoms with Gasteiger partial charge < -0.3 is 10.1 Å². The number of imide groups is 1. The Bertz CT molecular complexity index is 1000. The van der Waals surface area contributed by atoms with Crippen molar-refractivity contribution >= 4 is 29.7 Å². The van der Waals surface area contributed by atoms with Crippen molar-refractivity contribution in [2.45, 2.75) is 46.2 Å². The van der Waals surface area contributed by atoms with Crippen LogP contribution in [0.15, 0.2) is 18.2 Å². The summed E-state index contributed by atoms with van der Waals surface area (Å²) in [6, 6.07) is 4.45. The number of H-pyrrole nitrogens is 1. The number of benzene rings is 1. The van der Waals surface area contributed by atoms with Crippen molar-refractivity contribution in [1.82, 2.24) is 20.4 Å². The van der Waals surface area contributed by atoms with Crippen molar-refractivity contribution in [3.63, 3.8) is 0 Å². The van der Waals surface area contributed by atoms with Gasteiger partial charge in [-0.1, -0.05) is 13.8 Å². The Balaban J connectivity index is 0.00000176. The minimum absolute atomic E-state index is 0.268. The van der Waals surface area contributed by atoms with Gasteiger partial charge in [-0.15, -0.1) is 5.10 Å². The number of piperidine rings is 1. The summed E-state index contributed by atoms with van der Waals surface area (Å²) in [6.07, 6.45) is 1.41. The average Bonchev–Trinajstić information content (AvgIpc) is 3.15. The Labute approximate surface area is 186 Å². The molecule has 32 heavy (non-hydrogen) atoms. The minimum Gasteiger partial charge on any atom is -0.480 e. The van der Waals surface area contributed by atoms with E-state index in [1.165, 1.54) is 7.11 Å². The lowest BCUT2D eigenvalue weighted by atomic mass is 10.0. The number of carbonyl (C=O) groups excluding carboxylic acids is 4. The molecule has 0 spiro atoms. The quantitative estimate of drug-likeness (QED) is 0.440. The van der Waals surface area contributed by atoms with Gasteiger partial charge in [-0.25, -0.2) is 0 Å². The highest BCUT2D eigenvalue weighted by molar-refractivity contribution is 6.04. The molecule has 1 aliphatic heterocycles. The first kappa shape index (κ1) is 24.7. The van der Waals surface area contributed by atoms with Crippen LogP contribution < -0.4 is 15.4 Å². The van der Waals surface area contributed by atoms with Gasteiger partial charge in [0.2, 0.25) is 17.7 Å². The Morgan fingerprint density at radius 1 is 1.34 bits per heavy atom. The van der Waals surface area contributed by atoms with Crippen molar-refractivity contribution in [1.29, 1.82) is 0 Å². The zero-order valence-electron chi connectivity index (χ0n) is 18.9. The maximum absolute atomic E-state index is 12.6. The highest BCUT2D eigenvalue weighted by Gasteiger charge is 2.30. The predicted octanol–water partition coefficient (Wildman–Crippen LogP) is 2.05. The number of ether oxygens (including phenoxy) is 1. The highest BCUT2D eigenvalue weighted by Crippen LogP contribution is 2.22. The van der Waals surface area contributed by atoms with Crippen LogP contribution in [0.5, 0.6) is 5.88 Å². The van der Waals surface area contributed by atoms with E-state index in [2.05, 4.69) is 20.8 Å². The van der Waals surface area contributed by atoms with Crippen molar-refractivity contribution in [3.8, 4) is 5.88 Å². The number of nitrogens with one attached hydrogen (secondary N) is 3. The predicted molar refractivity (Wildman–Crippen MR) is 119 cm³/mol. The average molecular weight is 444 g/mol. The largest absolute Gasteiger partial charge is 0.480 e. The number of carbonyl (C=O) groups is 4. The highest BCUT2D eigenvalue weighted by atomic mass is 16.5. The Kier molecular flexibility index (Phi) is 8.65. The summed E-state index contributed by atoms with van der Waals surface area (Å²) < 4.78 is 5.07. The number of nitrogens with zero attached hydrogens (tertiary/aromatic N) is 2. The molecule has 0 bridgehead atoms. The lowest BCUT2D eigenvalue weighted by Gasteiger charge is -2.30. The molecule has 3 amide bonds. The fourth-order valence-corrected chi connectivity index (χ4v) is 3.41. The molecule has 10 heteroatoms. The molecule has 3 rings (SSSR count). The first-order chi connectivity index (χ1) is 15.3. The normalized spacial score (nSPS) is 15.5. The second-order valence-electron chi connectivity index (χ2n) is 7.10. The summed E-state index contributed by atoms with van der Waals surface area (Å²) in [5.74, 6) is -0.696. The van der Waals surface area contributed by atoms with E-state index in [0.717, 1.165) is 6.29 Å². The second-order valence-corrected chi connectivity index (χ2v) is 7.10. The monoisotopic (exact) mass is 443 g/mol. The summed E-state index contributed by atoms with van der Waals surface area (Å²) in [5.41, 5.74) is 2.44. The van der Waals surface area contributed by atoms with Crippen LogP contribution >= 0.6 is 0 Å². The number of rotatable bonds is 7. The summed E-state index contributed by atoms with van der Waals surface area (Å²) in [7, 11) is 3.22. The smallest absolute Gasteiger partial charge is 0.274 e.